The summed E-state index contributed by atoms with van der Waals surface area (Å²) in [7, 11) is 0. The van der Waals surface area contributed by atoms with Crippen molar-refractivity contribution in [3.8, 4) is 0 Å². The van der Waals surface area contributed by atoms with Crippen molar-refractivity contribution in [1.29, 1.82) is 0 Å². The number of carbonyl (C=O) groups excluding carboxylic acids is 2. The summed E-state index contributed by atoms with van der Waals surface area (Å²) in [6, 6.07) is -0.904. The number of carbonyl (C=O) groups is 2. The molecular formula is C15H21Cl2NO5. The Balaban J connectivity index is 1.85. The van der Waals surface area contributed by atoms with Gasteiger partial charge >= 0.3 is 5.97 Å². The molecule has 0 aromatic carbocycles. The quantitative estimate of drug-likeness (QED) is 0.323. The Morgan fingerprint density at radius 1 is 1.09 bits per heavy atom. The zero-order valence-corrected chi connectivity index (χ0v) is 14.3. The number of rotatable bonds is 5. The summed E-state index contributed by atoms with van der Waals surface area (Å²) < 4.78 is 5.07. The van der Waals surface area contributed by atoms with Crippen molar-refractivity contribution in [2.24, 2.45) is 11.8 Å². The maximum absolute atomic E-state index is 12.2. The minimum absolute atomic E-state index is 0.0211. The van der Waals surface area contributed by atoms with E-state index in [1.165, 1.54) is 0 Å². The third-order valence-electron chi connectivity index (χ3n) is 4.78. The second-order valence-corrected chi connectivity index (χ2v) is 7.53. The Hall–Kier alpha value is -0.880. The second kappa shape index (κ2) is 8.29. The van der Waals surface area contributed by atoms with E-state index in [1.807, 2.05) is 0 Å². The van der Waals surface area contributed by atoms with Crippen LogP contribution in [0.3, 0.4) is 0 Å². The van der Waals surface area contributed by atoms with Gasteiger partial charge in [-0.3, -0.25) is 19.7 Å². The molecular weight excluding hydrogens is 345 g/mol. The van der Waals surface area contributed by atoms with Crippen molar-refractivity contribution < 1.29 is 19.2 Å². The predicted octanol–water partition coefficient (Wildman–Crippen LogP) is 2.95. The van der Waals surface area contributed by atoms with Crippen LogP contribution in [0.15, 0.2) is 0 Å². The molecule has 0 aromatic heterocycles. The van der Waals surface area contributed by atoms with Gasteiger partial charge in [0.15, 0.2) is 5.78 Å². The van der Waals surface area contributed by atoms with Crippen LogP contribution in [0.1, 0.15) is 44.9 Å². The first-order valence-electron chi connectivity index (χ1n) is 8.01. The minimum Gasteiger partial charge on any atom is -0.457 e. The molecule has 2 rings (SSSR count). The van der Waals surface area contributed by atoms with Gasteiger partial charge in [0.05, 0.1) is 0 Å². The van der Waals surface area contributed by atoms with E-state index in [2.05, 4.69) is 0 Å². The molecule has 0 aliphatic heterocycles. The van der Waals surface area contributed by atoms with Gasteiger partial charge in [-0.1, -0.05) is 6.42 Å². The van der Waals surface area contributed by atoms with Gasteiger partial charge in [0.25, 0.3) is 0 Å². The fraction of sp³-hybridized carbons (Fsp3) is 0.867. The Labute approximate surface area is 145 Å². The molecule has 2 aliphatic carbocycles. The molecule has 0 amide bonds. The van der Waals surface area contributed by atoms with Crippen LogP contribution in [0.4, 0.5) is 0 Å². The van der Waals surface area contributed by atoms with Gasteiger partial charge in [-0.05, 0) is 32.1 Å². The zero-order valence-electron chi connectivity index (χ0n) is 12.8. The standard InChI is InChI=1S/C15H21Cl2NO5/c16-9-5-6-10(12(17)7-9)14(19)8-23-15(20)11-3-1-2-4-13(11)18(21)22/h9-13H,1-8H2. The maximum atomic E-state index is 12.2. The topological polar surface area (TPSA) is 86.5 Å². The molecule has 23 heavy (non-hydrogen) atoms. The van der Waals surface area contributed by atoms with E-state index in [1.54, 1.807) is 0 Å². The van der Waals surface area contributed by atoms with Crippen LogP contribution in [0.2, 0.25) is 0 Å². The van der Waals surface area contributed by atoms with E-state index >= 15 is 0 Å². The van der Waals surface area contributed by atoms with Crippen molar-refractivity contribution in [3.63, 3.8) is 0 Å². The number of ether oxygens (including phenoxy) is 1. The third-order valence-corrected chi connectivity index (χ3v) is 5.66. The van der Waals surface area contributed by atoms with E-state index in [9.17, 15) is 19.7 Å². The predicted molar refractivity (Wildman–Crippen MR) is 85.3 cm³/mol. The Bertz CT molecular complexity index is 473. The monoisotopic (exact) mass is 365 g/mol. The molecule has 130 valence electrons. The van der Waals surface area contributed by atoms with Crippen LogP contribution >= 0.6 is 23.2 Å². The first-order valence-corrected chi connectivity index (χ1v) is 8.88. The van der Waals surface area contributed by atoms with Crippen LogP contribution in [-0.4, -0.2) is 40.1 Å². The molecule has 8 heteroatoms. The van der Waals surface area contributed by atoms with E-state index in [0.717, 1.165) is 12.8 Å². The normalized spacial score (nSPS) is 34.6. The van der Waals surface area contributed by atoms with Crippen molar-refractivity contribution >= 4 is 35.0 Å². The summed E-state index contributed by atoms with van der Waals surface area (Å²) >= 11 is 12.2. The molecule has 0 bridgehead atoms. The number of nitrogens with zero attached hydrogens (tertiary/aromatic N) is 1. The van der Waals surface area contributed by atoms with Gasteiger partial charge in [0.1, 0.15) is 12.5 Å². The number of esters is 1. The molecule has 2 saturated carbocycles. The first kappa shape index (κ1) is 18.5. The highest BCUT2D eigenvalue weighted by molar-refractivity contribution is 6.25. The van der Waals surface area contributed by atoms with Crippen LogP contribution in [0.5, 0.6) is 0 Å². The van der Waals surface area contributed by atoms with Crippen molar-refractivity contribution in [2.45, 2.75) is 61.7 Å². The first-order chi connectivity index (χ1) is 10.9. The number of Topliss-reactive ketones (excluding diaryl/α,β-unsaturated/α-hetero) is 1. The summed E-state index contributed by atoms with van der Waals surface area (Å²) in [5.41, 5.74) is 0. The molecule has 0 saturated heterocycles. The van der Waals surface area contributed by atoms with Gasteiger partial charge < -0.3 is 4.74 Å². The summed E-state index contributed by atoms with van der Waals surface area (Å²) in [5, 5.41) is 10.7. The molecule has 6 nitrogen and oxygen atoms in total. The van der Waals surface area contributed by atoms with Crippen molar-refractivity contribution in [3.05, 3.63) is 10.1 Å². The number of hydrogen-bond acceptors (Lipinski definition) is 5. The average molecular weight is 366 g/mol. The molecule has 5 atom stereocenters. The third kappa shape index (κ3) is 4.80. The molecule has 5 unspecified atom stereocenters. The summed E-state index contributed by atoms with van der Waals surface area (Å²) in [4.78, 5) is 34.9. The Kier molecular flexibility index (Phi) is 6.65. The number of nitro groups is 1. The smallest absolute Gasteiger partial charge is 0.316 e. The minimum atomic E-state index is -0.904. The lowest BCUT2D eigenvalue weighted by Crippen LogP contribution is -2.40. The zero-order chi connectivity index (χ0) is 17.0. The van der Waals surface area contributed by atoms with Crippen LogP contribution in [0.25, 0.3) is 0 Å². The van der Waals surface area contributed by atoms with Gasteiger partial charge in [0, 0.05) is 28.0 Å². The number of hydrogen-bond donors (Lipinski definition) is 0. The molecule has 2 aliphatic rings. The van der Waals surface area contributed by atoms with E-state index in [-0.39, 0.29) is 29.1 Å². The van der Waals surface area contributed by atoms with E-state index in [4.69, 9.17) is 27.9 Å². The fourth-order valence-electron chi connectivity index (χ4n) is 3.43. The van der Waals surface area contributed by atoms with E-state index < -0.39 is 22.9 Å². The lowest BCUT2D eigenvalue weighted by Gasteiger charge is -2.29. The molecule has 0 heterocycles. The summed E-state index contributed by atoms with van der Waals surface area (Å²) in [6.45, 7) is -0.361. The SMILES string of the molecule is O=C(COC(=O)C1CCCCC1[N+](=O)[O-])C1CCC(Cl)CC1Cl. The summed E-state index contributed by atoms with van der Waals surface area (Å²) in [5.74, 6) is -1.98. The maximum Gasteiger partial charge on any atom is 0.316 e. The Morgan fingerprint density at radius 2 is 1.78 bits per heavy atom. The number of halogens is 2. The fourth-order valence-corrected chi connectivity index (χ4v) is 4.32. The lowest BCUT2D eigenvalue weighted by molar-refractivity contribution is -0.533. The molecule has 0 spiro atoms. The van der Waals surface area contributed by atoms with Crippen LogP contribution < -0.4 is 0 Å². The largest absolute Gasteiger partial charge is 0.457 e. The highest BCUT2D eigenvalue weighted by Crippen LogP contribution is 2.33. The van der Waals surface area contributed by atoms with Crippen LogP contribution in [0, 0.1) is 22.0 Å². The Morgan fingerprint density at radius 3 is 2.43 bits per heavy atom. The van der Waals surface area contributed by atoms with Gasteiger partial charge in [0.2, 0.25) is 6.04 Å². The van der Waals surface area contributed by atoms with E-state index in [0.29, 0.717) is 32.1 Å². The summed E-state index contributed by atoms with van der Waals surface area (Å²) in [6.07, 6.45) is 4.17. The molecule has 0 N–H and O–H groups in total. The van der Waals surface area contributed by atoms with Crippen LogP contribution in [-0.2, 0) is 14.3 Å². The highest BCUT2D eigenvalue weighted by Gasteiger charge is 2.41. The van der Waals surface area contributed by atoms with Gasteiger partial charge in [-0.2, -0.15) is 0 Å². The van der Waals surface area contributed by atoms with Gasteiger partial charge in [-0.25, -0.2) is 0 Å². The number of alkyl halides is 2. The highest BCUT2D eigenvalue weighted by atomic mass is 35.5. The average Bonchev–Trinajstić information content (AvgIpc) is 2.52. The van der Waals surface area contributed by atoms with Gasteiger partial charge in [-0.15, -0.1) is 23.2 Å². The van der Waals surface area contributed by atoms with Crippen molar-refractivity contribution in [1.82, 2.24) is 0 Å². The molecule has 0 aromatic rings. The van der Waals surface area contributed by atoms with Crippen molar-refractivity contribution in [2.75, 3.05) is 6.61 Å². The number of ketones is 1. The lowest BCUT2D eigenvalue weighted by atomic mass is 9.84. The molecule has 0 radical (unpaired) electrons. The second-order valence-electron chi connectivity index (χ2n) is 6.35. The molecule has 2 fully saturated rings.